The molecule has 0 aromatic heterocycles. The summed E-state index contributed by atoms with van der Waals surface area (Å²) in [6.45, 7) is 1.81. The molecule has 0 saturated heterocycles. The molecule has 1 aliphatic rings. The van der Waals surface area contributed by atoms with Gasteiger partial charge in [0.2, 0.25) is 0 Å². The third-order valence-electron chi connectivity index (χ3n) is 2.19. The summed E-state index contributed by atoms with van der Waals surface area (Å²) in [5, 5.41) is 0. The van der Waals surface area contributed by atoms with Crippen LogP contribution in [-0.4, -0.2) is 26.9 Å². The fourth-order valence-corrected chi connectivity index (χ4v) is 2.76. The monoisotopic (exact) mass is 256 g/mol. The van der Waals surface area contributed by atoms with Crippen molar-refractivity contribution in [3.05, 3.63) is 28.8 Å². The number of hydrogen-bond donors (Lipinski definition) is 0. The average Bonchev–Trinajstić information content (AvgIpc) is 2.44. The number of hydrogen-bond acceptors (Lipinski definition) is 3. The SMILES string of the molecule is C[Se]c1ccc(C)c2c1C(=O)OC2=O. The number of aryl methyl sites for hydroxylation is 1. The summed E-state index contributed by atoms with van der Waals surface area (Å²) in [5.41, 5.74) is 1.75. The van der Waals surface area contributed by atoms with Gasteiger partial charge in [-0.25, -0.2) is 0 Å². The summed E-state index contributed by atoms with van der Waals surface area (Å²) < 4.78 is 5.53. The van der Waals surface area contributed by atoms with Crippen LogP contribution >= 0.6 is 0 Å². The molecular weight excluding hydrogens is 247 g/mol. The van der Waals surface area contributed by atoms with E-state index in [1.165, 1.54) is 0 Å². The van der Waals surface area contributed by atoms with E-state index in [1.807, 2.05) is 24.9 Å². The van der Waals surface area contributed by atoms with Crippen molar-refractivity contribution in [2.24, 2.45) is 0 Å². The van der Waals surface area contributed by atoms with Crippen LogP contribution in [0.2, 0.25) is 5.82 Å². The molecule has 0 spiro atoms. The fraction of sp³-hybridized carbons (Fsp3) is 0.200. The Morgan fingerprint density at radius 1 is 1.14 bits per heavy atom. The van der Waals surface area contributed by atoms with Gasteiger partial charge in [0, 0.05) is 0 Å². The first kappa shape index (κ1) is 9.44. The number of benzene rings is 1. The summed E-state index contributed by atoms with van der Waals surface area (Å²) in [4.78, 5) is 22.7. The number of carbonyl (C=O) groups excluding carboxylic acids is 2. The summed E-state index contributed by atoms with van der Waals surface area (Å²) in [5.74, 6) is 1.01. The Labute approximate surface area is 87.6 Å². The van der Waals surface area contributed by atoms with Crippen LogP contribution in [0.4, 0.5) is 0 Å². The summed E-state index contributed by atoms with van der Waals surface area (Å²) in [6, 6.07) is 3.76. The van der Waals surface area contributed by atoms with Gasteiger partial charge in [-0.1, -0.05) is 0 Å². The van der Waals surface area contributed by atoms with E-state index in [4.69, 9.17) is 0 Å². The normalized spacial score (nSPS) is 14.1. The van der Waals surface area contributed by atoms with Gasteiger partial charge in [-0.05, 0) is 0 Å². The van der Waals surface area contributed by atoms with Crippen molar-refractivity contribution in [1.29, 1.82) is 0 Å². The second-order valence-electron chi connectivity index (χ2n) is 3.01. The summed E-state index contributed by atoms with van der Waals surface area (Å²) >= 11 is 0.196. The number of carbonyl (C=O) groups is 2. The summed E-state index contributed by atoms with van der Waals surface area (Å²) in [7, 11) is 0. The zero-order valence-corrected chi connectivity index (χ0v) is 9.50. The van der Waals surface area contributed by atoms with Gasteiger partial charge in [0.15, 0.2) is 0 Å². The molecule has 1 aromatic carbocycles. The first-order chi connectivity index (χ1) is 6.65. The van der Waals surface area contributed by atoms with Crippen molar-refractivity contribution in [1.82, 2.24) is 0 Å². The van der Waals surface area contributed by atoms with Crippen LogP contribution in [0.5, 0.6) is 0 Å². The Balaban J connectivity index is 2.76. The Morgan fingerprint density at radius 3 is 2.43 bits per heavy atom. The number of ether oxygens (including phenoxy) is 1. The molecule has 1 aliphatic heterocycles. The van der Waals surface area contributed by atoms with Crippen LogP contribution in [0.3, 0.4) is 0 Å². The van der Waals surface area contributed by atoms with Gasteiger partial charge in [0.1, 0.15) is 0 Å². The number of cyclic esters (lactones) is 2. The molecule has 14 heavy (non-hydrogen) atoms. The van der Waals surface area contributed by atoms with Crippen LogP contribution in [-0.2, 0) is 4.74 Å². The van der Waals surface area contributed by atoms with E-state index in [2.05, 4.69) is 4.74 Å². The van der Waals surface area contributed by atoms with E-state index in [-0.39, 0.29) is 15.0 Å². The van der Waals surface area contributed by atoms with Gasteiger partial charge < -0.3 is 0 Å². The van der Waals surface area contributed by atoms with Crippen molar-refractivity contribution in [2.45, 2.75) is 12.7 Å². The van der Waals surface area contributed by atoms with Crippen molar-refractivity contribution < 1.29 is 14.3 Å². The van der Waals surface area contributed by atoms with E-state index in [1.54, 1.807) is 0 Å². The molecule has 0 unspecified atom stereocenters. The topological polar surface area (TPSA) is 43.4 Å². The van der Waals surface area contributed by atoms with Gasteiger partial charge >= 0.3 is 87.3 Å². The van der Waals surface area contributed by atoms with E-state index in [9.17, 15) is 9.59 Å². The van der Waals surface area contributed by atoms with Crippen molar-refractivity contribution in [3.8, 4) is 0 Å². The van der Waals surface area contributed by atoms with Gasteiger partial charge in [-0.15, -0.1) is 0 Å². The van der Waals surface area contributed by atoms with Gasteiger partial charge in [-0.2, -0.15) is 0 Å². The average molecular weight is 255 g/mol. The van der Waals surface area contributed by atoms with E-state index in [0.717, 1.165) is 10.0 Å². The Morgan fingerprint density at radius 2 is 1.79 bits per heavy atom. The Kier molecular flexibility index (Phi) is 2.17. The molecular formula is C10H8O3Se. The standard InChI is InChI=1S/C10H8O3Se/c1-5-3-4-6(14-2)8-7(5)9(11)13-10(8)12/h3-4H,1-2H3. The molecule has 0 atom stereocenters. The van der Waals surface area contributed by atoms with Crippen LogP contribution < -0.4 is 4.46 Å². The number of rotatable bonds is 1. The van der Waals surface area contributed by atoms with Crippen LogP contribution in [0.15, 0.2) is 12.1 Å². The molecule has 0 amide bonds. The van der Waals surface area contributed by atoms with Crippen LogP contribution in [0.25, 0.3) is 0 Å². The van der Waals surface area contributed by atoms with Gasteiger partial charge in [0.25, 0.3) is 0 Å². The molecule has 0 fully saturated rings. The molecule has 1 heterocycles. The first-order valence-electron chi connectivity index (χ1n) is 4.09. The zero-order chi connectivity index (χ0) is 10.3. The van der Waals surface area contributed by atoms with Crippen molar-refractivity contribution >= 4 is 31.4 Å². The second kappa shape index (κ2) is 3.23. The second-order valence-corrected chi connectivity index (χ2v) is 4.79. The molecule has 0 bridgehead atoms. The van der Waals surface area contributed by atoms with E-state index in [0.29, 0.717) is 11.1 Å². The molecule has 72 valence electrons. The Hall–Kier alpha value is -1.12. The maximum absolute atomic E-state index is 11.4. The molecule has 0 saturated carbocycles. The summed E-state index contributed by atoms with van der Waals surface area (Å²) in [6.07, 6.45) is 0. The molecule has 1 aromatic rings. The van der Waals surface area contributed by atoms with Gasteiger partial charge in [0.05, 0.1) is 0 Å². The van der Waals surface area contributed by atoms with Gasteiger partial charge in [-0.3, -0.25) is 0 Å². The minimum atomic E-state index is -0.506. The zero-order valence-electron chi connectivity index (χ0n) is 7.79. The van der Waals surface area contributed by atoms with Crippen molar-refractivity contribution in [2.75, 3.05) is 0 Å². The van der Waals surface area contributed by atoms with E-state index >= 15 is 0 Å². The minimum absolute atomic E-state index is 0.196. The fourth-order valence-electron chi connectivity index (χ4n) is 1.51. The van der Waals surface area contributed by atoms with Crippen molar-refractivity contribution in [3.63, 3.8) is 0 Å². The molecule has 0 radical (unpaired) electrons. The third-order valence-corrected chi connectivity index (χ3v) is 3.83. The molecule has 3 nitrogen and oxygen atoms in total. The molecule has 2 rings (SSSR count). The third kappa shape index (κ3) is 1.19. The number of fused-ring (bicyclic) bond motifs is 1. The number of esters is 2. The molecule has 0 N–H and O–H groups in total. The van der Waals surface area contributed by atoms with Crippen LogP contribution in [0.1, 0.15) is 26.3 Å². The Bertz CT molecular complexity index is 437. The van der Waals surface area contributed by atoms with E-state index < -0.39 is 11.9 Å². The quantitative estimate of drug-likeness (QED) is 0.421. The molecule has 0 aliphatic carbocycles. The first-order valence-corrected chi connectivity index (χ1v) is 6.66. The van der Waals surface area contributed by atoms with Crippen LogP contribution in [0, 0.1) is 6.92 Å². The maximum atomic E-state index is 11.4. The predicted octanol–water partition coefficient (Wildman–Crippen LogP) is 0.683. The molecule has 4 heteroatoms. The predicted molar refractivity (Wildman–Crippen MR) is 52.2 cm³/mol.